The van der Waals surface area contributed by atoms with Gasteiger partial charge in [0.05, 0.1) is 0 Å². The van der Waals surface area contributed by atoms with Crippen molar-refractivity contribution >= 4 is 17.5 Å². The third-order valence-electron chi connectivity index (χ3n) is 4.92. The summed E-state index contributed by atoms with van der Waals surface area (Å²) < 4.78 is 13.0. The Hall–Kier alpha value is -2.69. The van der Waals surface area contributed by atoms with Gasteiger partial charge < -0.3 is 10.2 Å². The van der Waals surface area contributed by atoms with Crippen molar-refractivity contribution in [2.75, 3.05) is 18.4 Å². The highest BCUT2D eigenvalue weighted by atomic mass is 19.1. The summed E-state index contributed by atoms with van der Waals surface area (Å²) in [5, 5.41) is 2.97. The van der Waals surface area contributed by atoms with E-state index >= 15 is 0 Å². The van der Waals surface area contributed by atoms with Gasteiger partial charge in [-0.3, -0.25) is 4.79 Å². The lowest BCUT2D eigenvalue weighted by atomic mass is 9.89. The molecule has 0 spiro atoms. The quantitative estimate of drug-likeness (QED) is 0.821. The number of ketones is 1. The molecule has 2 amide bonds. The maximum absolute atomic E-state index is 13.0. The van der Waals surface area contributed by atoms with E-state index in [1.807, 2.05) is 24.3 Å². The minimum absolute atomic E-state index is 0.0291. The molecule has 5 heteroatoms. The first-order valence-corrected chi connectivity index (χ1v) is 9.02. The Labute approximate surface area is 153 Å². The summed E-state index contributed by atoms with van der Waals surface area (Å²) in [6.45, 7) is 3.13. The first-order valence-electron chi connectivity index (χ1n) is 9.02. The first kappa shape index (κ1) is 18.1. The molecule has 1 fully saturated rings. The van der Waals surface area contributed by atoms with Crippen molar-refractivity contribution in [2.45, 2.75) is 26.2 Å². The number of nitrogens with one attached hydrogen (secondary N) is 1. The molecule has 3 rings (SSSR count). The first-order chi connectivity index (χ1) is 12.6. The lowest BCUT2D eigenvalue weighted by Crippen LogP contribution is -2.42. The van der Waals surface area contributed by atoms with Crippen LogP contribution >= 0.6 is 0 Å². The molecule has 0 aliphatic carbocycles. The molecule has 1 heterocycles. The van der Waals surface area contributed by atoms with Crippen LogP contribution in [0.3, 0.4) is 0 Å². The Morgan fingerprint density at radius 2 is 1.73 bits per heavy atom. The number of piperidine rings is 1. The predicted octanol–water partition coefficient (Wildman–Crippen LogP) is 4.51. The molecular weight excluding hydrogens is 331 g/mol. The number of amides is 2. The highest BCUT2D eigenvalue weighted by Gasteiger charge is 2.28. The third-order valence-corrected chi connectivity index (χ3v) is 4.92. The Bertz CT molecular complexity index is 781. The molecule has 0 atom stereocenters. The molecule has 2 aromatic carbocycles. The summed E-state index contributed by atoms with van der Waals surface area (Å²) in [5.41, 5.74) is 2.47. The highest BCUT2D eigenvalue weighted by molar-refractivity contribution is 5.98. The van der Waals surface area contributed by atoms with Crippen molar-refractivity contribution in [3.05, 3.63) is 65.5 Å². The van der Waals surface area contributed by atoms with Crippen LogP contribution < -0.4 is 5.32 Å². The molecule has 136 valence electrons. The van der Waals surface area contributed by atoms with Crippen molar-refractivity contribution in [1.82, 2.24) is 4.90 Å². The zero-order valence-electron chi connectivity index (χ0n) is 14.9. The molecule has 1 aliphatic heterocycles. The number of aryl methyl sites for hydroxylation is 1. The largest absolute Gasteiger partial charge is 0.324 e. The van der Waals surface area contributed by atoms with Gasteiger partial charge in [-0.05, 0) is 55.2 Å². The number of hydrogen-bond donors (Lipinski definition) is 1. The molecule has 2 aromatic rings. The van der Waals surface area contributed by atoms with E-state index in [1.165, 1.54) is 24.3 Å². The molecule has 0 aromatic heterocycles. The summed E-state index contributed by atoms with van der Waals surface area (Å²) in [6.07, 6.45) is 2.10. The van der Waals surface area contributed by atoms with Crippen molar-refractivity contribution < 1.29 is 14.0 Å². The van der Waals surface area contributed by atoms with E-state index in [2.05, 4.69) is 12.2 Å². The molecule has 0 saturated carbocycles. The molecule has 1 saturated heterocycles. The van der Waals surface area contributed by atoms with E-state index in [1.54, 1.807) is 4.90 Å². The number of hydrogen-bond acceptors (Lipinski definition) is 2. The number of rotatable bonds is 4. The Morgan fingerprint density at radius 1 is 1.08 bits per heavy atom. The second kappa shape index (κ2) is 8.13. The third kappa shape index (κ3) is 4.10. The second-order valence-corrected chi connectivity index (χ2v) is 6.57. The minimum Gasteiger partial charge on any atom is -0.324 e. The van der Waals surface area contributed by atoms with Gasteiger partial charge in [-0.25, -0.2) is 9.18 Å². The lowest BCUT2D eigenvalue weighted by Gasteiger charge is -2.31. The van der Waals surface area contributed by atoms with Crippen molar-refractivity contribution in [2.24, 2.45) is 5.92 Å². The Kier molecular flexibility index (Phi) is 5.66. The average molecular weight is 354 g/mol. The standard InChI is InChI=1S/C21H23FN2O2/c1-2-15-5-3-4-6-19(15)23-21(26)24-13-11-17(12-14-24)20(25)16-7-9-18(22)10-8-16/h3-10,17H,2,11-14H2,1H3,(H,23,26). The average Bonchev–Trinajstić information content (AvgIpc) is 2.68. The topological polar surface area (TPSA) is 49.4 Å². The summed E-state index contributed by atoms with van der Waals surface area (Å²) in [6, 6.07) is 13.3. The van der Waals surface area contributed by atoms with Crippen LogP contribution in [0.4, 0.5) is 14.9 Å². The number of para-hydroxylation sites is 1. The highest BCUT2D eigenvalue weighted by Crippen LogP contribution is 2.23. The molecule has 4 nitrogen and oxygen atoms in total. The van der Waals surface area contributed by atoms with Crippen molar-refractivity contribution in [1.29, 1.82) is 0 Å². The number of carbonyl (C=O) groups is 2. The summed E-state index contributed by atoms with van der Waals surface area (Å²) in [7, 11) is 0. The van der Waals surface area contributed by atoms with Gasteiger partial charge in [0.2, 0.25) is 0 Å². The van der Waals surface area contributed by atoms with E-state index in [-0.39, 0.29) is 23.5 Å². The maximum atomic E-state index is 13.0. The van der Waals surface area contributed by atoms with Gasteiger partial charge in [0, 0.05) is 30.3 Å². The lowest BCUT2D eigenvalue weighted by molar-refractivity contribution is 0.0859. The van der Waals surface area contributed by atoms with Crippen LogP contribution in [-0.4, -0.2) is 29.8 Å². The van der Waals surface area contributed by atoms with E-state index in [9.17, 15) is 14.0 Å². The number of likely N-dealkylation sites (tertiary alicyclic amines) is 1. The normalized spacial score (nSPS) is 14.9. The van der Waals surface area contributed by atoms with Crippen LogP contribution in [-0.2, 0) is 6.42 Å². The molecule has 26 heavy (non-hydrogen) atoms. The van der Waals surface area contributed by atoms with Crippen LogP contribution in [0.15, 0.2) is 48.5 Å². The van der Waals surface area contributed by atoms with Gasteiger partial charge in [-0.1, -0.05) is 25.1 Å². The molecular formula is C21H23FN2O2. The van der Waals surface area contributed by atoms with Crippen molar-refractivity contribution in [3.8, 4) is 0 Å². The van der Waals surface area contributed by atoms with E-state index in [0.29, 0.717) is 31.5 Å². The Morgan fingerprint density at radius 3 is 2.38 bits per heavy atom. The van der Waals surface area contributed by atoms with Gasteiger partial charge in [-0.15, -0.1) is 0 Å². The number of anilines is 1. The van der Waals surface area contributed by atoms with Crippen molar-refractivity contribution in [3.63, 3.8) is 0 Å². The number of nitrogens with zero attached hydrogens (tertiary/aromatic N) is 1. The molecule has 0 unspecified atom stereocenters. The number of Topliss-reactive ketones (excluding diaryl/α,β-unsaturated/α-hetero) is 1. The molecule has 0 radical (unpaired) electrons. The fourth-order valence-corrected chi connectivity index (χ4v) is 3.34. The van der Waals surface area contributed by atoms with Crippen LogP contribution in [0, 0.1) is 11.7 Å². The number of urea groups is 1. The van der Waals surface area contributed by atoms with Crippen LogP contribution in [0.5, 0.6) is 0 Å². The maximum Gasteiger partial charge on any atom is 0.321 e. The van der Waals surface area contributed by atoms with Gasteiger partial charge in [0.25, 0.3) is 0 Å². The SMILES string of the molecule is CCc1ccccc1NC(=O)N1CCC(C(=O)c2ccc(F)cc2)CC1. The van der Waals surface area contributed by atoms with Gasteiger partial charge in [0.15, 0.2) is 5.78 Å². The Balaban J connectivity index is 1.57. The number of carbonyl (C=O) groups excluding carboxylic acids is 2. The smallest absolute Gasteiger partial charge is 0.321 e. The summed E-state index contributed by atoms with van der Waals surface area (Å²) >= 11 is 0. The van der Waals surface area contributed by atoms with Crippen LogP contribution in [0.2, 0.25) is 0 Å². The van der Waals surface area contributed by atoms with Gasteiger partial charge in [0.1, 0.15) is 5.82 Å². The zero-order valence-corrected chi connectivity index (χ0v) is 14.9. The van der Waals surface area contributed by atoms with Gasteiger partial charge >= 0.3 is 6.03 Å². The second-order valence-electron chi connectivity index (χ2n) is 6.57. The van der Waals surface area contributed by atoms with Gasteiger partial charge in [-0.2, -0.15) is 0 Å². The van der Waals surface area contributed by atoms with Crippen LogP contribution in [0.25, 0.3) is 0 Å². The number of benzene rings is 2. The number of halogens is 1. The van der Waals surface area contributed by atoms with E-state index < -0.39 is 0 Å². The predicted molar refractivity (Wildman–Crippen MR) is 99.9 cm³/mol. The minimum atomic E-state index is -0.347. The zero-order chi connectivity index (χ0) is 18.5. The van der Waals surface area contributed by atoms with E-state index in [4.69, 9.17) is 0 Å². The summed E-state index contributed by atoms with van der Waals surface area (Å²) in [5.74, 6) is -0.436. The molecule has 0 bridgehead atoms. The molecule has 1 N–H and O–H groups in total. The van der Waals surface area contributed by atoms with E-state index in [0.717, 1.165) is 17.7 Å². The fourth-order valence-electron chi connectivity index (χ4n) is 3.34. The fraction of sp³-hybridized carbons (Fsp3) is 0.333. The van der Waals surface area contributed by atoms with Crippen LogP contribution in [0.1, 0.15) is 35.7 Å². The monoisotopic (exact) mass is 354 g/mol. The molecule has 1 aliphatic rings. The summed E-state index contributed by atoms with van der Waals surface area (Å²) in [4.78, 5) is 26.8.